The molecule has 0 unspecified atom stereocenters. The van der Waals surface area contributed by atoms with Crippen molar-refractivity contribution < 1.29 is 5.11 Å². The Morgan fingerprint density at radius 2 is 1.74 bits per heavy atom. The fourth-order valence-electron chi connectivity index (χ4n) is 3.34. The van der Waals surface area contributed by atoms with Crippen molar-refractivity contribution in [3.63, 3.8) is 0 Å². The van der Waals surface area contributed by atoms with Crippen molar-refractivity contribution in [3.05, 3.63) is 34.4 Å². The van der Waals surface area contributed by atoms with Gasteiger partial charge in [0.25, 0.3) is 0 Å². The van der Waals surface area contributed by atoms with Crippen LogP contribution in [0.25, 0.3) is 0 Å². The summed E-state index contributed by atoms with van der Waals surface area (Å²) >= 11 is 0. The van der Waals surface area contributed by atoms with Crippen molar-refractivity contribution >= 4 is 0 Å². The van der Waals surface area contributed by atoms with Crippen molar-refractivity contribution in [2.45, 2.75) is 33.2 Å². The molecule has 3 nitrogen and oxygen atoms in total. The average Bonchev–Trinajstić information content (AvgIpc) is 2.37. The van der Waals surface area contributed by atoms with Gasteiger partial charge in [-0.25, -0.2) is 0 Å². The van der Waals surface area contributed by atoms with Gasteiger partial charge in [-0.2, -0.15) is 0 Å². The predicted octanol–water partition coefficient (Wildman–Crippen LogP) is 1.94. The number of aryl methyl sites for hydroxylation is 3. The number of hydrogen-bond acceptors (Lipinski definition) is 3. The second kappa shape index (κ2) is 6.51. The number of nitrogens with zero attached hydrogens (tertiary/aromatic N) is 1. The monoisotopic (exact) mass is 262 g/mol. The van der Waals surface area contributed by atoms with Crippen LogP contribution in [-0.4, -0.2) is 42.8 Å². The fourth-order valence-corrected chi connectivity index (χ4v) is 3.34. The molecule has 1 atom stereocenters. The van der Waals surface area contributed by atoms with E-state index in [-0.39, 0.29) is 6.61 Å². The van der Waals surface area contributed by atoms with Gasteiger partial charge in [0.1, 0.15) is 0 Å². The molecule has 19 heavy (non-hydrogen) atoms. The molecule has 0 radical (unpaired) electrons. The third kappa shape index (κ3) is 3.35. The molecule has 0 aliphatic carbocycles. The third-order valence-corrected chi connectivity index (χ3v) is 4.07. The van der Waals surface area contributed by atoms with Crippen LogP contribution >= 0.6 is 0 Å². The topological polar surface area (TPSA) is 35.5 Å². The van der Waals surface area contributed by atoms with E-state index in [4.69, 9.17) is 0 Å². The highest BCUT2D eigenvalue weighted by Gasteiger charge is 2.24. The highest BCUT2D eigenvalue weighted by molar-refractivity contribution is 5.39. The largest absolute Gasteiger partial charge is 0.396 e. The summed E-state index contributed by atoms with van der Waals surface area (Å²) in [7, 11) is 0. The lowest BCUT2D eigenvalue weighted by molar-refractivity contribution is 0.140. The van der Waals surface area contributed by atoms with Crippen LogP contribution in [0.15, 0.2) is 12.1 Å². The maximum absolute atomic E-state index is 9.42. The first-order chi connectivity index (χ1) is 9.13. The Balaban J connectivity index is 2.32. The number of benzene rings is 1. The van der Waals surface area contributed by atoms with E-state index in [9.17, 15) is 5.11 Å². The molecule has 0 saturated carbocycles. The van der Waals surface area contributed by atoms with Crippen molar-refractivity contribution in [1.29, 1.82) is 0 Å². The maximum atomic E-state index is 9.42. The summed E-state index contributed by atoms with van der Waals surface area (Å²) in [5.74, 6) is 0. The summed E-state index contributed by atoms with van der Waals surface area (Å²) < 4.78 is 0. The molecule has 3 heteroatoms. The Kier molecular flexibility index (Phi) is 4.97. The standard InChI is InChI=1S/C16H26N2O/c1-12-10-13(2)16(14(3)11-12)15(4-9-19)18-7-5-17-6-8-18/h10-11,15,17,19H,4-9H2,1-3H3/t15-/m0/s1. The molecule has 106 valence electrons. The number of rotatable bonds is 4. The van der Waals surface area contributed by atoms with Gasteiger partial charge in [-0.1, -0.05) is 17.7 Å². The molecular formula is C16H26N2O. The van der Waals surface area contributed by atoms with Gasteiger partial charge in [0, 0.05) is 38.8 Å². The van der Waals surface area contributed by atoms with Crippen LogP contribution in [0.3, 0.4) is 0 Å². The van der Waals surface area contributed by atoms with Crippen molar-refractivity contribution in [2.24, 2.45) is 0 Å². The van der Waals surface area contributed by atoms with E-state index in [1.807, 2.05) is 0 Å². The molecule has 2 N–H and O–H groups in total. The minimum Gasteiger partial charge on any atom is -0.396 e. The highest BCUT2D eigenvalue weighted by Crippen LogP contribution is 2.30. The first kappa shape index (κ1) is 14.5. The normalized spacial score (nSPS) is 18.5. The Morgan fingerprint density at radius 1 is 1.16 bits per heavy atom. The maximum Gasteiger partial charge on any atom is 0.0449 e. The molecule has 1 aromatic rings. The molecule has 1 fully saturated rings. The summed E-state index contributed by atoms with van der Waals surface area (Å²) in [5.41, 5.74) is 5.45. The van der Waals surface area contributed by atoms with E-state index >= 15 is 0 Å². The molecule has 1 aliphatic heterocycles. The SMILES string of the molecule is Cc1cc(C)c([C@H](CCO)N2CCNCC2)c(C)c1. The quantitative estimate of drug-likeness (QED) is 0.870. The lowest BCUT2D eigenvalue weighted by atomic mass is 9.91. The van der Waals surface area contributed by atoms with E-state index in [1.54, 1.807) is 0 Å². The van der Waals surface area contributed by atoms with Crippen LogP contribution in [0, 0.1) is 20.8 Å². The first-order valence-electron chi connectivity index (χ1n) is 7.27. The second-order valence-corrected chi connectivity index (χ2v) is 5.63. The van der Waals surface area contributed by atoms with Crippen LogP contribution in [0.4, 0.5) is 0 Å². The highest BCUT2D eigenvalue weighted by atomic mass is 16.3. The van der Waals surface area contributed by atoms with E-state index in [0.717, 1.165) is 32.6 Å². The number of aliphatic hydroxyl groups excluding tert-OH is 1. The van der Waals surface area contributed by atoms with Crippen molar-refractivity contribution in [3.8, 4) is 0 Å². The Labute approximate surface area is 116 Å². The average molecular weight is 262 g/mol. The fraction of sp³-hybridized carbons (Fsp3) is 0.625. The van der Waals surface area contributed by atoms with Crippen molar-refractivity contribution in [1.82, 2.24) is 10.2 Å². The predicted molar refractivity (Wildman–Crippen MR) is 79.5 cm³/mol. The summed E-state index contributed by atoms with van der Waals surface area (Å²) in [5, 5.41) is 12.8. The number of piperazine rings is 1. The van der Waals surface area contributed by atoms with Crippen LogP contribution in [-0.2, 0) is 0 Å². The summed E-state index contributed by atoms with van der Waals surface area (Å²) in [6.45, 7) is 11.0. The summed E-state index contributed by atoms with van der Waals surface area (Å²) in [4.78, 5) is 2.51. The van der Waals surface area contributed by atoms with E-state index < -0.39 is 0 Å². The zero-order valence-corrected chi connectivity index (χ0v) is 12.4. The van der Waals surface area contributed by atoms with Gasteiger partial charge in [0.15, 0.2) is 0 Å². The molecule has 0 bridgehead atoms. The van der Waals surface area contributed by atoms with Gasteiger partial charge in [-0.3, -0.25) is 4.90 Å². The Hall–Kier alpha value is -0.900. The lowest BCUT2D eigenvalue weighted by Crippen LogP contribution is -2.45. The molecule has 1 heterocycles. The zero-order valence-electron chi connectivity index (χ0n) is 12.4. The zero-order chi connectivity index (χ0) is 13.8. The summed E-state index contributed by atoms with van der Waals surface area (Å²) in [6.07, 6.45) is 0.824. The van der Waals surface area contributed by atoms with Gasteiger partial charge < -0.3 is 10.4 Å². The summed E-state index contributed by atoms with van der Waals surface area (Å²) in [6, 6.07) is 4.87. The van der Waals surface area contributed by atoms with Gasteiger partial charge in [0.2, 0.25) is 0 Å². The van der Waals surface area contributed by atoms with E-state index in [1.165, 1.54) is 22.3 Å². The van der Waals surface area contributed by atoms with Crippen LogP contribution in [0.2, 0.25) is 0 Å². The van der Waals surface area contributed by atoms with Gasteiger partial charge in [0.05, 0.1) is 0 Å². The number of nitrogens with one attached hydrogen (secondary N) is 1. The van der Waals surface area contributed by atoms with E-state index in [0.29, 0.717) is 6.04 Å². The number of aliphatic hydroxyl groups is 1. The second-order valence-electron chi connectivity index (χ2n) is 5.63. The minimum atomic E-state index is 0.251. The van der Waals surface area contributed by atoms with Crippen LogP contribution in [0.5, 0.6) is 0 Å². The third-order valence-electron chi connectivity index (χ3n) is 4.07. The molecule has 1 saturated heterocycles. The van der Waals surface area contributed by atoms with Crippen LogP contribution < -0.4 is 5.32 Å². The smallest absolute Gasteiger partial charge is 0.0449 e. The molecule has 2 rings (SSSR count). The van der Waals surface area contributed by atoms with Gasteiger partial charge >= 0.3 is 0 Å². The Bertz CT molecular complexity index is 402. The minimum absolute atomic E-state index is 0.251. The molecule has 1 aliphatic rings. The molecule has 1 aromatic carbocycles. The van der Waals surface area contributed by atoms with Gasteiger partial charge in [-0.15, -0.1) is 0 Å². The molecule has 0 spiro atoms. The lowest BCUT2D eigenvalue weighted by Gasteiger charge is -2.36. The molecule has 0 amide bonds. The first-order valence-corrected chi connectivity index (χ1v) is 7.27. The Morgan fingerprint density at radius 3 is 2.26 bits per heavy atom. The number of hydrogen-bond donors (Lipinski definition) is 2. The van der Waals surface area contributed by atoms with Gasteiger partial charge in [-0.05, 0) is 43.9 Å². The van der Waals surface area contributed by atoms with Crippen LogP contribution in [0.1, 0.15) is 34.7 Å². The molecular weight excluding hydrogens is 236 g/mol. The van der Waals surface area contributed by atoms with E-state index in [2.05, 4.69) is 43.1 Å². The molecule has 0 aromatic heterocycles. The van der Waals surface area contributed by atoms with Crippen molar-refractivity contribution in [2.75, 3.05) is 32.8 Å².